The van der Waals surface area contributed by atoms with Crippen LogP contribution in [-0.2, 0) is 14.1 Å². The number of carbonyl (C=O) groups is 1. The summed E-state index contributed by atoms with van der Waals surface area (Å²) in [5.41, 5.74) is 7.50. The fraction of sp³-hybridized carbons (Fsp3) is 0.353. The molecule has 0 aliphatic rings. The lowest BCUT2D eigenvalue weighted by atomic mass is 10.1. The van der Waals surface area contributed by atoms with Crippen LogP contribution in [0.3, 0.4) is 0 Å². The summed E-state index contributed by atoms with van der Waals surface area (Å²) in [6.07, 6.45) is 0. The predicted octanol–water partition coefficient (Wildman–Crippen LogP) is 0.602. The summed E-state index contributed by atoms with van der Waals surface area (Å²) in [5.74, 6) is -0.534. The largest absolute Gasteiger partial charge is 0.384 e. The molecule has 0 saturated heterocycles. The van der Waals surface area contributed by atoms with E-state index >= 15 is 0 Å². The standard InChI is InChI=1S/C17H22N4O3/c1-10-6-7-12(11(2)8-10)19(3)9-13(22)14-15(18)20(4)17(24)21(5)16(14)23/h6-8H,9,18H2,1-5H3. The van der Waals surface area contributed by atoms with E-state index in [-0.39, 0.29) is 17.9 Å². The molecule has 0 spiro atoms. The van der Waals surface area contributed by atoms with Crippen molar-refractivity contribution in [2.45, 2.75) is 13.8 Å². The zero-order chi connectivity index (χ0) is 18.2. The highest BCUT2D eigenvalue weighted by molar-refractivity contribution is 6.02. The van der Waals surface area contributed by atoms with Gasteiger partial charge in [0.1, 0.15) is 11.4 Å². The van der Waals surface area contributed by atoms with Crippen LogP contribution in [0.5, 0.6) is 0 Å². The zero-order valence-corrected chi connectivity index (χ0v) is 14.6. The molecule has 1 aromatic carbocycles. The summed E-state index contributed by atoms with van der Waals surface area (Å²) >= 11 is 0. The number of nitrogens with two attached hydrogens (primary N) is 1. The van der Waals surface area contributed by atoms with Crippen molar-refractivity contribution in [1.82, 2.24) is 9.13 Å². The Hall–Kier alpha value is -2.83. The number of Topliss-reactive ketones (excluding diaryl/α,β-unsaturated/α-hetero) is 1. The van der Waals surface area contributed by atoms with E-state index in [2.05, 4.69) is 0 Å². The van der Waals surface area contributed by atoms with Gasteiger partial charge in [-0.25, -0.2) is 4.79 Å². The molecule has 2 N–H and O–H groups in total. The molecule has 7 nitrogen and oxygen atoms in total. The van der Waals surface area contributed by atoms with Crippen LogP contribution in [-0.4, -0.2) is 28.5 Å². The van der Waals surface area contributed by atoms with Crippen molar-refractivity contribution in [3.05, 3.63) is 55.7 Å². The minimum atomic E-state index is -0.672. The number of carbonyl (C=O) groups excluding carboxylic acids is 1. The van der Waals surface area contributed by atoms with Gasteiger partial charge in [-0.1, -0.05) is 17.7 Å². The first kappa shape index (κ1) is 17.5. The van der Waals surface area contributed by atoms with Gasteiger partial charge in [0.15, 0.2) is 5.78 Å². The first-order valence-electron chi connectivity index (χ1n) is 7.52. The molecular weight excluding hydrogens is 308 g/mol. The third-order valence-electron chi connectivity index (χ3n) is 4.13. The average Bonchev–Trinajstić information content (AvgIpc) is 2.51. The second kappa shape index (κ2) is 6.35. The van der Waals surface area contributed by atoms with Gasteiger partial charge in [-0.3, -0.25) is 18.7 Å². The lowest BCUT2D eigenvalue weighted by molar-refractivity contribution is 0.0998. The average molecular weight is 330 g/mol. The summed E-state index contributed by atoms with van der Waals surface area (Å²) in [7, 11) is 4.54. The molecule has 0 radical (unpaired) electrons. The van der Waals surface area contributed by atoms with Crippen molar-refractivity contribution in [2.24, 2.45) is 14.1 Å². The topological polar surface area (TPSA) is 90.3 Å². The molecule has 24 heavy (non-hydrogen) atoms. The maximum absolute atomic E-state index is 12.6. The number of hydrogen-bond donors (Lipinski definition) is 1. The van der Waals surface area contributed by atoms with E-state index in [0.29, 0.717) is 0 Å². The minimum absolute atomic E-state index is 0.0124. The zero-order valence-electron chi connectivity index (χ0n) is 14.6. The normalized spacial score (nSPS) is 10.7. The lowest BCUT2D eigenvalue weighted by Gasteiger charge is -2.21. The van der Waals surface area contributed by atoms with Crippen molar-refractivity contribution in [3.63, 3.8) is 0 Å². The maximum atomic E-state index is 12.6. The van der Waals surface area contributed by atoms with E-state index in [0.717, 1.165) is 25.9 Å². The van der Waals surface area contributed by atoms with Gasteiger partial charge < -0.3 is 10.6 Å². The van der Waals surface area contributed by atoms with Gasteiger partial charge in [0.2, 0.25) is 0 Å². The number of anilines is 2. The van der Waals surface area contributed by atoms with Gasteiger partial charge in [0, 0.05) is 26.8 Å². The Balaban J connectivity index is 2.41. The molecule has 0 unspecified atom stereocenters. The van der Waals surface area contributed by atoms with Crippen LogP contribution in [0.25, 0.3) is 0 Å². The second-order valence-electron chi connectivity index (χ2n) is 6.04. The highest BCUT2D eigenvalue weighted by atomic mass is 16.2. The van der Waals surface area contributed by atoms with Gasteiger partial charge in [0.05, 0.1) is 6.54 Å². The molecule has 0 saturated carbocycles. The molecule has 7 heteroatoms. The molecule has 0 amide bonds. The van der Waals surface area contributed by atoms with E-state index < -0.39 is 17.0 Å². The van der Waals surface area contributed by atoms with E-state index in [9.17, 15) is 14.4 Å². The number of nitrogens with zero attached hydrogens (tertiary/aromatic N) is 3. The molecule has 1 aromatic heterocycles. The van der Waals surface area contributed by atoms with Crippen molar-refractivity contribution < 1.29 is 4.79 Å². The van der Waals surface area contributed by atoms with Crippen molar-refractivity contribution in [2.75, 3.05) is 24.2 Å². The SMILES string of the molecule is Cc1ccc(N(C)CC(=O)c2c(N)n(C)c(=O)n(C)c2=O)c(C)c1. The third-order valence-corrected chi connectivity index (χ3v) is 4.13. The molecule has 2 rings (SSSR count). The van der Waals surface area contributed by atoms with Gasteiger partial charge in [-0.2, -0.15) is 0 Å². The second-order valence-corrected chi connectivity index (χ2v) is 6.04. The van der Waals surface area contributed by atoms with Crippen molar-refractivity contribution in [1.29, 1.82) is 0 Å². The Bertz CT molecular complexity index is 925. The van der Waals surface area contributed by atoms with Crippen molar-refractivity contribution >= 4 is 17.3 Å². The maximum Gasteiger partial charge on any atom is 0.332 e. The van der Waals surface area contributed by atoms with Gasteiger partial charge in [0.25, 0.3) is 5.56 Å². The fourth-order valence-electron chi connectivity index (χ4n) is 2.74. The highest BCUT2D eigenvalue weighted by Crippen LogP contribution is 2.20. The molecule has 0 aliphatic carbocycles. The third kappa shape index (κ3) is 2.97. The van der Waals surface area contributed by atoms with E-state index in [1.165, 1.54) is 14.1 Å². The molecule has 128 valence electrons. The Morgan fingerprint density at radius 1 is 1.17 bits per heavy atom. The molecular formula is C17H22N4O3. The number of aromatic nitrogens is 2. The van der Waals surface area contributed by atoms with Gasteiger partial charge in [-0.15, -0.1) is 0 Å². The summed E-state index contributed by atoms with van der Waals surface area (Å²) in [5, 5.41) is 0. The smallest absolute Gasteiger partial charge is 0.332 e. The molecule has 2 aromatic rings. The quantitative estimate of drug-likeness (QED) is 0.829. The number of aryl methyl sites for hydroxylation is 2. The first-order chi connectivity index (χ1) is 11.1. The highest BCUT2D eigenvalue weighted by Gasteiger charge is 2.21. The summed E-state index contributed by atoms with van der Waals surface area (Å²) in [6, 6.07) is 5.92. The van der Waals surface area contributed by atoms with E-state index in [1.807, 2.05) is 32.0 Å². The lowest BCUT2D eigenvalue weighted by Crippen LogP contribution is -2.43. The number of benzene rings is 1. The van der Waals surface area contributed by atoms with Crippen LogP contribution in [0.2, 0.25) is 0 Å². The van der Waals surface area contributed by atoms with Crippen molar-refractivity contribution in [3.8, 4) is 0 Å². The number of nitrogen functional groups attached to an aromatic ring is 1. The molecule has 1 heterocycles. The Kier molecular flexibility index (Phi) is 4.64. The molecule has 0 aliphatic heterocycles. The van der Waals surface area contributed by atoms with E-state index in [1.54, 1.807) is 11.9 Å². The molecule has 0 bridgehead atoms. The van der Waals surface area contributed by atoms with Gasteiger partial charge in [-0.05, 0) is 25.5 Å². The summed E-state index contributed by atoms with van der Waals surface area (Å²) < 4.78 is 1.99. The number of ketones is 1. The summed E-state index contributed by atoms with van der Waals surface area (Å²) in [4.78, 5) is 38.5. The van der Waals surface area contributed by atoms with E-state index in [4.69, 9.17) is 5.73 Å². The molecule has 0 fully saturated rings. The minimum Gasteiger partial charge on any atom is -0.384 e. The number of rotatable bonds is 4. The first-order valence-corrected chi connectivity index (χ1v) is 7.52. The Morgan fingerprint density at radius 2 is 1.79 bits per heavy atom. The number of likely N-dealkylation sites (N-methyl/N-ethyl adjacent to an activating group) is 1. The van der Waals surface area contributed by atoms with Crippen LogP contribution in [0.15, 0.2) is 27.8 Å². The molecule has 0 atom stereocenters. The Labute approximate surface area is 139 Å². The predicted molar refractivity (Wildman–Crippen MR) is 94.9 cm³/mol. The summed E-state index contributed by atoms with van der Waals surface area (Å²) in [6.45, 7) is 3.95. The van der Waals surface area contributed by atoms with Crippen LogP contribution >= 0.6 is 0 Å². The van der Waals surface area contributed by atoms with Crippen LogP contribution in [0.1, 0.15) is 21.5 Å². The van der Waals surface area contributed by atoms with Crippen LogP contribution in [0, 0.1) is 13.8 Å². The van der Waals surface area contributed by atoms with Gasteiger partial charge >= 0.3 is 5.69 Å². The van der Waals surface area contributed by atoms with Crippen LogP contribution in [0.4, 0.5) is 11.5 Å². The number of hydrogen-bond acceptors (Lipinski definition) is 5. The monoisotopic (exact) mass is 330 g/mol. The fourth-order valence-corrected chi connectivity index (χ4v) is 2.74. The van der Waals surface area contributed by atoms with Crippen LogP contribution < -0.4 is 21.9 Å². The Morgan fingerprint density at radius 3 is 2.38 bits per heavy atom.